The number of rotatable bonds is 5. The number of hydrogen-bond donors (Lipinski definition) is 3. The summed E-state index contributed by atoms with van der Waals surface area (Å²) in [6.45, 7) is 1.64. The molecule has 0 saturated carbocycles. The minimum atomic E-state index is -3.91. The van der Waals surface area contributed by atoms with Crippen molar-refractivity contribution in [3.05, 3.63) is 64.2 Å². The first-order valence-electron chi connectivity index (χ1n) is 7.05. The Labute approximate surface area is 149 Å². The van der Waals surface area contributed by atoms with Crippen LogP contribution in [-0.4, -0.2) is 19.5 Å². The molecule has 0 bridgehead atoms. The maximum atomic E-state index is 12.5. The first-order chi connectivity index (χ1) is 11.8. The summed E-state index contributed by atoms with van der Waals surface area (Å²) in [5, 5.41) is 17.3. The zero-order chi connectivity index (χ0) is 18.6. The number of nitrogens with one attached hydrogen (secondary N) is 2. The van der Waals surface area contributed by atoms with Crippen LogP contribution in [0, 0.1) is 11.3 Å². The first-order valence-corrected chi connectivity index (χ1v) is 8.91. The van der Waals surface area contributed by atoms with Gasteiger partial charge in [0.25, 0.3) is 5.91 Å². The number of carbonyl (C=O) groups excluding carboxylic acids is 1. The molecule has 0 heterocycles. The van der Waals surface area contributed by atoms with Crippen molar-refractivity contribution in [1.29, 1.82) is 5.26 Å². The van der Waals surface area contributed by atoms with Gasteiger partial charge in [-0.1, -0.05) is 23.7 Å². The van der Waals surface area contributed by atoms with Crippen LogP contribution < -0.4 is 10.2 Å². The van der Waals surface area contributed by atoms with E-state index >= 15 is 0 Å². The quantitative estimate of drug-likeness (QED) is 0.544. The van der Waals surface area contributed by atoms with Gasteiger partial charge in [-0.25, -0.2) is 18.6 Å². The predicted octanol–water partition coefficient (Wildman–Crippen LogP) is 2.37. The van der Waals surface area contributed by atoms with E-state index in [0.717, 1.165) is 0 Å². The molecule has 0 spiro atoms. The van der Waals surface area contributed by atoms with Gasteiger partial charge in [-0.3, -0.25) is 10.0 Å². The fourth-order valence-corrected chi connectivity index (χ4v) is 3.92. The molecule has 0 aromatic heterocycles. The lowest BCUT2D eigenvalue weighted by atomic mass is 10.1. The highest BCUT2D eigenvalue weighted by atomic mass is 35.5. The van der Waals surface area contributed by atoms with Crippen molar-refractivity contribution in [2.75, 3.05) is 0 Å². The molecule has 0 fully saturated rings. The van der Waals surface area contributed by atoms with Crippen molar-refractivity contribution in [3.63, 3.8) is 0 Å². The molecule has 0 radical (unpaired) electrons. The molecule has 7 nitrogen and oxygen atoms in total. The lowest BCUT2D eigenvalue weighted by Crippen LogP contribution is -2.27. The molecule has 2 aromatic carbocycles. The standard InChI is InChI=1S/C16H14ClN3O4S/c1-10(12-3-5-13(6-4-12)16(21)19-22)20-25(23,24)15-7-2-11(9-18)8-14(15)17/h2-8,10,20,22H,1H3,(H,19,21). The highest BCUT2D eigenvalue weighted by molar-refractivity contribution is 7.89. The number of nitriles is 1. The number of nitrogens with zero attached hydrogens (tertiary/aromatic N) is 1. The summed E-state index contributed by atoms with van der Waals surface area (Å²) < 4.78 is 27.4. The van der Waals surface area contributed by atoms with Gasteiger partial charge in [0, 0.05) is 11.6 Å². The third-order valence-electron chi connectivity index (χ3n) is 3.46. The Kier molecular flexibility index (Phi) is 5.77. The van der Waals surface area contributed by atoms with E-state index in [2.05, 4.69) is 4.72 Å². The van der Waals surface area contributed by atoms with Crippen molar-refractivity contribution in [1.82, 2.24) is 10.2 Å². The predicted molar refractivity (Wildman–Crippen MR) is 90.6 cm³/mol. The molecule has 0 saturated heterocycles. The minimum absolute atomic E-state index is 0.0475. The summed E-state index contributed by atoms with van der Waals surface area (Å²) in [5.41, 5.74) is 2.62. The summed E-state index contributed by atoms with van der Waals surface area (Å²) in [5.74, 6) is -0.663. The first kappa shape index (κ1) is 18.9. The summed E-state index contributed by atoms with van der Waals surface area (Å²) in [6.07, 6.45) is 0. The van der Waals surface area contributed by atoms with Crippen molar-refractivity contribution in [3.8, 4) is 6.07 Å². The second-order valence-corrected chi connectivity index (χ2v) is 7.25. The molecule has 9 heteroatoms. The lowest BCUT2D eigenvalue weighted by Gasteiger charge is -2.16. The fraction of sp³-hybridized carbons (Fsp3) is 0.125. The van der Waals surface area contributed by atoms with E-state index < -0.39 is 22.0 Å². The van der Waals surface area contributed by atoms with Crippen LogP contribution in [0.5, 0.6) is 0 Å². The Morgan fingerprint density at radius 3 is 2.40 bits per heavy atom. The Hall–Kier alpha value is -2.44. The van der Waals surface area contributed by atoms with E-state index in [1.54, 1.807) is 19.1 Å². The number of hydrogen-bond acceptors (Lipinski definition) is 5. The lowest BCUT2D eigenvalue weighted by molar-refractivity contribution is 0.0706. The normalized spacial score (nSPS) is 12.2. The van der Waals surface area contributed by atoms with Crippen LogP contribution in [0.4, 0.5) is 0 Å². The maximum Gasteiger partial charge on any atom is 0.274 e. The van der Waals surface area contributed by atoms with E-state index in [1.165, 1.54) is 35.8 Å². The van der Waals surface area contributed by atoms with Crippen molar-refractivity contribution in [2.45, 2.75) is 17.9 Å². The van der Waals surface area contributed by atoms with E-state index in [9.17, 15) is 13.2 Å². The Balaban J connectivity index is 2.23. The number of benzene rings is 2. The molecule has 3 N–H and O–H groups in total. The SMILES string of the molecule is CC(NS(=O)(=O)c1ccc(C#N)cc1Cl)c1ccc(C(=O)NO)cc1. The van der Waals surface area contributed by atoms with Crippen LogP contribution in [-0.2, 0) is 10.0 Å². The van der Waals surface area contributed by atoms with Gasteiger partial charge in [-0.05, 0) is 42.8 Å². The smallest absolute Gasteiger partial charge is 0.274 e. The molecular weight excluding hydrogens is 366 g/mol. The van der Waals surface area contributed by atoms with Crippen LogP contribution in [0.2, 0.25) is 5.02 Å². The zero-order valence-corrected chi connectivity index (χ0v) is 14.6. The summed E-state index contributed by atoms with van der Waals surface area (Å²) in [4.78, 5) is 11.2. The highest BCUT2D eigenvalue weighted by Crippen LogP contribution is 2.24. The summed E-state index contributed by atoms with van der Waals surface area (Å²) in [7, 11) is -3.91. The van der Waals surface area contributed by atoms with E-state index in [1.807, 2.05) is 6.07 Å². The maximum absolute atomic E-state index is 12.5. The monoisotopic (exact) mass is 379 g/mol. The average molecular weight is 380 g/mol. The number of sulfonamides is 1. The Morgan fingerprint density at radius 2 is 1.88 bits per heavy atom. The fourth-order valence-electron chi connectivity index (χ4n) is 2.14. The number of amides is 1. The third kappa shape index (κ3) is 4.35. The molecule has 130 valence electrons. The van der Waals surface area contributed by atoms with Gasteiger partial charge in [0.2, 0.25) is 10.0 Å². The van der Waals surface area contributed by atoms with Crippen LogP contribution in [0.15, 0.2) is 47.4 Å². The number of halogens is 1. The average Bonchev–Trinajstić information content (AvgIpc) is 2.60. The molecule has 1 atom stereocenters. The second kappa shape index (κ2) is 7.63. The van der Waals surface area contributed by atoms with Crippen LogP contribution in [0.3, 0.4) is 0 Å². The van der Waals surface area contributed by atoms with Gasteiger partial charge in [-0.2, -0.15) is 5.26 Å². The van der Waals surface area contributed by atoms with E-state index in [-0.39, 0.29) is 21.0 Å². The van der Waals surface area contributed by atoms with Gasteiger partial charge in [-0.15, -0.1) is 0 Å². The topological polar surface area (TPSA) is 119 Å². The molecule has 2 aromatic rings. The third-order valence-corrected chi connectivity index (χ3v) is 5.48. The largest absolute Gasteiger partial charge is 0.288 e. The van der Waals surface area contributed by atoms with Gasteiger partial charge >= 0.3 is 0 Å². The summed E-state index contributed by atoms with van der Waals surface area (Å²) in [6, 6.07) is 11.3. The van der Waals surface area contributed by atoms with Crippen LogP contribution in [0.25, 0.3) is 0 Å². The molecule has 0 aliphatic carbocycles. The van der Waals surface area contributed by atoms with Gasteiger partial charge in [0.15, 0.2) is 0 Å². The molecular formula is C16H14ClN3O4S. The van der Waals surface area contributed by atoms with Crippen molar-refractivity contribution in [2.24, 2.45) is 0 Å². The van der Waals surface area contributed by atoms with Crippen LogP contribution >= 0.6 is 11.6 Å². The van der Waals surface area contributed by atoms with Gasteiger partial charge < -0.3 is 0 Å². The molecule has 0 aliphatic rings. The van der Waals surface area contributed by atoms with Crippen molar-refractivity contribution >= 4 is 27.5 Å². The number of carbonyl (C=O) groups is 1. The molecule has 2 rings (SSSR count). The molecule has 0 aliphatic heterocycles. The molecule has 1 unspecified atom stereocenters. The van der Waals surface area contributed by atoms with Gasteiger partial charge in [0.1, 0.15) is 4.90 Å². The van der Waals surface area contributed by atoms with Gasteiger partial charge in [0.05, 0.1) is 16.7 Å². The molecule has 1 amide bonds. The Morgan fingerprint density at radius 1 is 1.24 bits per heavy atom. The van der Waals surface area contributed by atoms with Crippen LogP contribution in [0.1, 0.15) is 34.5 Å². The van der Waals surface area contributed by atoms with E-state index in [0.29, 0.717) is 5.56 Å². The zero-order valence-electron chi connectivity index (χ0n) is 13.0. The highest BCUT2D eigenvalue weighted by Gasteiger charge is 2.21. The Bertz CT molecular complexity index is 937. The second-order valence-electron chi connectivity index (χ2n) is 5.16. The number of hydroxylamine groups is 1. The summed E-state index contributed by atoms with van der Waals surface area (Å²) >= 11 is 5.96. The minimum Gasteiger partial charge on any atom is -0.288 e. The molecule has 25 heavy (non-hydrogen) atoms. The van der Waals surface area contributed by atoms with Crippen molar-refractivity contribution < 1.29 is 18.4 Å². The van der Waals surface area contributed by atoms with E-state index in [4.69, 9.17) is 22.1 Å².